The monoisotopic (exact) mass is 300 g/mol. The van der Waals surface area contributed by atoms with Crippen molar-refractivity contribution in [1.82, 2.24) is 9.78 Å². The van der Waals surface area contributed by atoms with Gasteiger partial charge in [-0.1, -0.05) is 0 Å². The van der Waals surface area contributed by atoms with Crippen molar-refractivity contribution in [3.8, 4) is 11.4 Å². The molecule has 0 amide bonds. The molecule has 1 atom stereocenters. The summed E-state index contributed by atoms with van der Waals surface area (Å²) in [5.41, 5.74) is 2.73. The van der Waals surface area contributed by atoms with Gasteiger partial charge in [0.25, 0.3) is 0 Å². The van der Waals surface area contributed by atoms with E-state index in [1.54, 1.807) is 25.5 Å². The number of alkyl halides is 3. The van der Waals surface area contributed by atoms with Gasteiger partial charge >= 0.3 is 6.36 Å². The van der Waals surface area contributed by atoms with Crippen molar-refractivity contribution >= 4 is 0 Å². The summed E-state index contributed by atoms with van der Waals surface area (Å²) in [6, 6.07) is 5.40. The van der Waals surface area contributed by atoms with E-state index < -0.39 is 12.5 Å². The maximum absolute atomic E-state index is 12.1. The fraction of sp³-hybridized carbons (Fsp3) is 0.357. The second kappa shape index (κ2) is 5.40. The summed E-state index contributed by atoms with van der Waals surface area (Å²) in [7, 11) is 0. The largest absolute Gasteiger partial charge is 0.573 e. The normalized spacial score (nSPS) is 13.3. The second-order valence-electron chi connectivity index (χ2n) is 4.71. The highest BCUT2D eigenvalue weighted by atomic mass is 19.4. The SMILES string of the molecule is Cc1nn(-c2ccc(OC(F)(F)F)cc2)c(C)c1C(C)O. The van der Waals surface area contributed by atoms with Crippen molar-refractivity contribution in [1.29, 1.82) is 0 Å². The van der Waals surface area contributed by atoms with Crippen molar-refractivity contribution in [2.45, 2.75) is 33.2 Å². The molecule has 2 aromatic rings. The van der Waals surface area contributed by atoms with Crippen LogP contribution in [0.2, 0.25) is 0 Å². The lowest BCUT2D eigenvalue weighted by atomic mass is 10.1. The predicted molar refractivity (Wildman–Crippen MR) is 70.4 cm³/mol. The number of nitrogens with zero attached hydrogens (tertiary/aromatic N) is 2. The maximum atomic E-state index is 12.1. The van der Waals surface area contributed by atoms with Crippen molar-refractivity contribution in [2.75, 3.05) is 0 Å². The average molecular weight is 300 g/mol. The van der Waals surface area contributed by atoms with Gasteiger partial charge in [0.05, 0.1) is 17.5 Å². The van der Waals surface area contributed by atoms with Crippen LogP contribution in [0.3, 0.4) is 0 Å². The zero-order chi connectivity index (χ0) is 15.8. The van der Waals surface area contributed by atoms with Crippen LogP contribution >= 0.6 is 0 Å². The number of halogens is 3. The lowest BCUT2D eigenvalue weighted by Crippen LogP contribution is -2.17. The van der Waals surface area contributed by atoms with Crippen molar-refractivity contribution < 1.29 is 23.0 Å². The zero-order valence-corrected chi connectivity index (χ0v) is 11.8. The highest BCUT2D eigenvalue weighted by Crippen LogP contribution is 2.26. The Bertz CT molecular complexity index is 631. The molecule has 1 aromatic heterocycles. The molecule has 4 nitrogen and oxygen atoms in total. The first kappa shape index (κ1) is 15.4. The van der Waals surface area contributed by atoms with Gasteiger partial charge < -0.3 is 9.84 Å². The number of aromatic nitrogens is 2. The number of aryl methyl sites for hydroxylation is 1. The van der Waals surface area contributed by atoms with Crippen LogP contribution in [0.15, 0.2) is 24.3 Å². The molecule has 0 radical (unpaired) electrons. The first-order chi connectivity index (χ1) is 9.69. The van der Waals surface area contributed by atoms with Gasteiger partial charge in [-0.05, 0) is 45.0 Å². The molecule has 1 N–H and O–H groups in total. The van der Waals surface area contributed by atoms with Crippen LogP contribution < -0.4 is 4.74 Å². The first-order valence-corrected chi connectivity index (χ1v) is 6.29. The third-order valence-corrected chi connectivity index (χ3v) is 3.08. The maximum Gasteiger partial charge on any atom is 0.573 e. The van der Waals surface area contributed by atoms with Gasteiger partial charge in [0, 0.05) is 11.3 Å². The van der Waals surface area contributed by atoms with Gasteiger partial charge in [0.2, 0.25) is 0 Å². The second-order valence-corrected chi connectivity index (χ2v) is 4.71. The van der Waals surface area contributed by atoms with Crippen LogP contribution in [0.4, 0.5) is 13.2 Å². The Kier molecular flexibility index (Phi) is 3.95. The third kappa shape index (κ3) is 3.36. The molecule has 0 bridgehead atoms. The summed E-state index contributed by atoms with van der Waals surface area (Å²) in [5.74, 6) is -0.288. The fourth-order valence-corrected chi connectivity index (χ4v) is 2.30. The summed E-state index contributed by atoms with van der Waals surface area (Å²) in [6.45, 7) is 5.20. The quantitative estimate of drug-likeness (QED) is 0.944. The van der Waals surface area contributed by atoms with Crippen LogP contribution in [0, 0.1) is 13.8 Å². The van der Waals surface area contributed by atoms with E-state index in [1.807, 2.05) is 0 Å². The van der Waals surface area contributed by atoms with Crippen molar-refractivity contribution in [3.05, 3.63) is 41.2 Å². The highest BCUT2D eigenvalue weighted by Gasteiger charge is 2.31. The molecule has 2 rings (SSSR count). The van der Waals surface area contributed by atoms with Crippen molar-refractivity contribution in [2.24, 2.45) is 0 Å². The summed E-state index contributed by atoms with van der Waals surface area (Å²) in [5, 5.41) is 14.0. The molecule has 0 spiro atoms. The zero-order valence-electron chi connectivity index (χ0n) is 11.8. The Balaban J connectivity index is 2.34. The Morgan fingerprint density at radius 2 is 1.76 bits per heavy atom. The van der Waals surface area contributed by atoms with Gasteiger partial charge in [-0.2, -0.15) is 5.10 Å². The van der Waals surface area contributed by atoms with E-state index in [-0.39, 0.29) is 5.75 Å². The summed E-state index contributed by atoms with van der Waals surface area (Å²) in [4.78, 5) is 0. The molecular formula is C14H15F3N2O2. The lowest BCUT2D eigenvalue weighted by molar-refractivity contribution is -0.274. The minimum absolute atomic E-state index is 0.288. The van der Waals surface area contributed by atoms with E-state index in [9.17, 15) is 18.3 Å². The summed E-state index contributed by atoms with van der Waals surface area (Å²) >= 11 is 0. The fourth-order valence-electron chi connectivity index (χ4n) is 2.30. The van der Waals surface area contributed by atoms with Crippen molar-refractivity contribution in [3.63, 3.8) is 0 Å². The number of aliphatic hydroxyl groups excluding tert-OH is 1. The van der Waals surface area contributed by atoms with E-state index in [4.69, 9.17) is 0 Å². The van der Waals surface area contributed by atoms with Crippen LogP contribution in [-0.2, 0) is 0 Å². The first-order valence-electron chi connectivity index (χ1n) is 6.29. The van der Waals surface area contributed by atoms with Crippen LogP contribution in [-0.4, -0.2) is 21.2 Å². The molecule has 21 heavy (non-hydrogen) atoms. The Morgan fingerprint density at radius 3 is 2.19 bits per heavy atom. The molecule has 7 heteroatoms. The van der Waals surface area contributed by atoms with Gasteiger partial charge in [-0.25, -0.2) is 4.68 Å². The number of rotatable bonds is 3. The van der Waals surface area contributed by atoms with E-state index in [0.717, 1.165) is 5.69 Å². The topological polar surface area (TPSA) is 47.3 Å². The number of hydrogen-bond acceptors (Lipinski definition) is 3. The Morgan fingerprint density at radius 1 is 1.19 bits per heavy atom. The molecule has 0 saturated carbocycles. The molecular weight excluding hydrogens is 285 g/mol. The van der Waals surface area contributed by atoms with Crippen LogP contribution in [0.25, 0.3) is 5.69 Å². The minimum atomic E-state index is -4.71. The molecule has 0 fully saturated rings. The number of benzene rings is 1. The molecule has 0 saturated heterocycles. The number of hydrogen-bond donors (Lipinski definition) is 1. The predicted octanol–water partition coefficient (Wildman–Crippen LogP) is 3.44. The van der Waals surface area contributed by atoms with E-state index in [2.05, 4.69) is 9.84 Å². The third-order valence-electron chi connectivity index (χ3n) is 3.08. The van der Waals surface area contributed by atoms with Gasteiger partial charge in [0.15, 0.2) is 0 Å². The molecule has 0 aliphatic rings. The summed E-state index contributed by atoms with van der Waals surface area (Å²) in [6.07, 6.45) is -5.37. The van der Waals surface area contributed by atoms with Crippen LogP contribution in [0.5, 0.6) is 5.75 Å². The van der Waals surface area contributed by atoms with E-state index in [1.165, 1.54) is 24.3 Å². The number of ether oxygens (including phenoxy) is 1. The van der Waals surface area contributed by atoms with Gasteiger partial charge in [-0.3, -0.25) is 0 Å². The van der Waals surface area contributed by atoms with Gasteiger partial charge in [0.1, 0.15) is 5.75 Å². The number of aliphatic hydroxyl groups is 1. The Hall–Kier alpha value is -2.02. The van der Waals surface area contributed by atoms with Crippen LogP contribution in [0.1, 0.15) is 30.0 Å². The Labute approximate surface area is 119 Å². The minimum Gasteiger partial charge on any atom is -0.406 e. The lowest BCUT2D eigenvalue weighted by Gasteiger charge is -2.10. The molecule has 114 valence electrons. The van der Waals surface area contributed by atoms with Gasteiger partial charge in [-0.15, -0.1) is 13.2 Å². The summed E-state index contributed by atoms with van der Waals surface area (Å²) < 4.78 is 41.7. The molecule has 0 aliphatic heterocycles. The van der Waals surface area contributed by atoms with E-state index >= 15 is 0 Å². The molecule has 1 heterocycles. The standard InChI is InChI=1S/C14H15F3N2O2/c1-8-13(10(3)20)9(2)19(18-8)11-4-6-12(7-5-11)21-14(15,16)17/h4-7,10,20H,1-3H3. The van der Waals surface area contributed by atoms with E-state index in [0.29, 0.717) is 16.9 Å². The molecule has 1 unspecified atom stereocenters. The molecule has 0 aliphatic carbocycles. The smallest absolute Gasteiger partial charge is 0.406 e. The average Bonchev–Trinajstić information content (AvgIpc) is 2.63. The molecule has 1 aromatic carbocycles. The highest BCUT2D eigenvalue weighted by molar-refractivity contribution is 5.41.